The van der Waals surface area contributed by atoms with Gasteiger partial charge in [-0.3, -0.25) is 4.79 Å². The first-order valence-electron chi connectivity index (χ1n) is 5.96. The largest absolute Gasteiger partial charge is 0.743 e. The predicted octanol–water partition coefficient (Wildman–Crippen LogP) is 1.50. The summed E-state index contributed by atoms with van der Waals surface area (Å²) < 4.78 is 103. The van der Waals surface area contributed by atoms with Crippen molar-refractivity contribution in [1.29, 1.82) is 0 Å². The minimum absolute atomic E-state index is 0.104. The fourth-order valence-corrected chi connectivity index (χ4v) is 1.64. The van der Waals surface area contributed by atoms with Crippen LogP contribution in [0, 0.1) is 0 Å². The van der Waals surface area contributed by atoms with Gasteiger partial charge in [-0.25, -0.2) is 13.2 Å². The van der Waals surface area contributed by atoms with Gasteiger partial charge >= 0.3 is 23.4 Å². The first-order valence-corrected chi connectivity index (χ1v) is 7.37. The van der Waals surface area contributed by atoms with Gasteiger partial charge in [-0.05, 0) is 13.8 Å². The van der Waals surface area contributed by atoms with Gasteiger partial charge in [0, 0.05) is 5.57 Å². The Morgan fingerprint density at radius 1 is 1.17 bits per heavy atom. The Kier molecular flexibility index (Phi) is 6.88. The molecule has 0 heterocycles. The fraction of sp³-hybridized carbons (Fsp3) is 0.636. The Morgan fingerprint density at radius 3 is 1.96 bits per heavy atom. The number of halogens is 5. The van der Waals surface area contributed by atoms with Gasteiger partial charge in [-0.1, -0.05) is 6.58 Å². The van der Waals surface area contributed by atoms with E-state index in [-0.39, 0.29) is 5.57 Å². The van der Waals surface area contributed by atoms with Gasteiger partial charge in [0.25, 0.3) is 6.10 Å². The van der Waals surface area contributed by atoms with Crippen molar-refractivity contribution in [2.45, 2.75) is 43.9 Å². The van der Waals surface area contributed by atoms with Crippen LogP contribution in [-0.2, 0) is 29.2 Å². The molecule has 0 fully saturated rings. The number of carbonyl (C=O) groups excluding carboxylic acids is 2. The summed E-state index contributed by atoms with van der Waals surface area (Å²) in [5, 5.41) is -5.93. The Hall–Kier alpha value is -1.76. The van der Waals surface area contributed by atoms with Crippen LogP contribution in [0.3, 0.4) is 0 Å². The third kappa shape index (κ3) is 6.03. The minimum Gasteiger partial charge on any atom is -0.743 e. The molecule has 0 bridgehead atoms. The zero-order valence-corrected chi connectivity index (χ0v) is 13.0. The molecule has 0 rings (SSSR count). The van der Waals surface area contributed by atoms with Gasteiger partial charge in [0.15, 0.2) is 10.1 Å². The second kappa shape index (κ2) is 7.42. The lowest BCUT2D eigenvalue weighted by molar-refractivity contribution is -0.259. The first-order chi connectivity index (χ1) is 10.5. The van der Waals surface area contributed by atoms with E-state index in [0.717, 1.165) is 6.92 Å². The van der Waals surface area contributed by atoms with E-state index in [1.54, 1.807) is 0 Å². The lowest BCUT2D eigenvalue weighted by Crippen LogP contribution is -2.52. The van der Waals surface area contributed by atoms with Crippen LogP contribution in [0.2, 0.25) is 0 Å². The zero-order chi connectivity index (χ0) is 19.5. The number of hydrogen-bond acceptors (Lipinski definition) is 7. The monoisotopic (exact) mass is 383 g/mol. The van der Waals surface area contributed by atoms with Crippen LogP contribution < -0.4 is 0 Å². The normalized spacial score (nSPS) is 15.3. The molecule has 140 valence electrons. The molecule has 0 N–H and O–H groups in total. The van der Waals surface area contributed by atoms with E-state index in [2.05, 4.69) is 16.1 Å². The van der Waals surface area contributed by atoms with E-state index in [1.165, 1.54) is 6.92 Å². The molecule has 0 radical (unpaired) electrons. The van der Waals surface area contributed by atoms with Crippen LogP contribution in [0.5, 0.6) is 0 Å². The molecule has 0 aliphatic rings. The van der Waals surface area contributed by atoms with Crippen LogP contribution in [0.15, 0.2) is 12.2 Å². The van der Waals surface area contributed by atoms with Crippen LogP contribution in [0.25, 0.3) is 0 Å². The highest BCUT2D eigenvalue weighted by Gasteiger charge is 2.62. The van der Waals surface area contributed by atoms with Gasteiger partial charge < -0.3 is 14.0 Å². The summed E-state index contributed by atoms with van der Waals surface area (Å²) in [5.41, 5.74) is -0.104. The Balaban J connectivity index is 5.18. The SMILES string of the molecule is C=C(C)C(=O)OC(C)CC(=O)OC(C(F)(F)F)C(F)(F)S(=O)(=O)[O-]. The summed E-state index contributed by atoms with van der Waals surface area (Å²) in [6.07, 6.45) is -13.0. The van der Waals surface area contributed by atoms with Crippen molar-refractivity contribution in [2.75, 3.05) is 0 Å². The molecule has 0 saturated carbocycles. The van der Waals surface area contributed by atoms with Gasteiger partial charge in [-0.2, -0.15) is 22.0 Å². The maximum atomic E-state index is 13.1. The summed E-state index contributed by atoms with van der Waals surface area (Å²) in [5.74, 6) is -2.96. The van der Waals surface area contributed by atoms with Gasteiger partial charge in [0.2, 0.25) is 0 Å². The first kappa shape index (κ1) is 22.2. The molecule has 13 heteroatoms. The molecule has 24 heavy (non-hydrogen) atoms. The maximum Gasteiger partial charge on any atom is 0.432 e. The van der Waals surface area contributed by atoms with E-state index < -0.39 is 52.1 Å². The average molecular weight is 383 g/mol. The lowest BCUT2D eigenvalue weighted by Gasteiger charge is -2.30. The lowest BCUT2D eigenvalue weighted by atomic mass is 10.2. The molecule has 0 saturated heterocycles. The number of carbonyl (C=O) groups is 2. The smallest absolute Gasteiger partial charge is 0.432 e. The van der Waals surface area contributed by atoms with Crippen molar-refractivity contribution in [1.82, 2.24) is 0 Å². The highest BCUT2D eigenvalue weighted by atomic mass is 32.2. The second-order valence-corrected chi connectivity index (χ2v) is 6.08. The molecule has 0 aliphatic heterocycles. The Bertz CT molecular complexity index is 611. The number of rotatable bonds is 7. The van der Waals surface area contributed by atoms with E-state index in [9.17, 15) is 44.5 Å². The molecule has 0 amide bonds. The molecular formula is C11H12F5O7S-. The van der Waals surface area contributed by atoms with E-state index in [0.29, 0.717) is 0 Å². The summed E-state index contributed by atoms with van der Waals surface area (Å²) in [4.78, 5) is 22.4. The molecule has 7 nitrogen and oxygen atoms in total. The molecule has 2 unspecified atom stereocenters. The number of esters is 2. The zero-order valence-electron chi connectivity index (χ0n) is 12.2. The highest BCUT2D eigenvalue weighted by Crippen LogP contribution is 2.38. The van der Waals surface area contributed by atoms with E-state index >= 15 is 0 Å². The van der Waals surface area contributed by atoms with Crippen LogP contribution in [-0.4, -0.2) is 48.5 Å². The molecule has 2 atom stereocenters. The third-order valence-corrected chi connectivity index (χ3v) is 3.18. The average Bonchev–Trinajstić information content (AvgIpc) is 2.32. The van der Waals surface area contributed by atoms with Gasteiger partial charge in [0.05, 0.1) is 6.42 Å². The van der Waals surface area contributed by atoms with Crippen LogP contribution in [0.4, 0.5) is 22.0 Å². The molecule has 0 spiro atoms. The van der Waals surface area contributed by atoms with Crippen molar-refractivity contribution in [3.63, 3.8) is 0 Å². The van der Waals surface area contributed by atoms with Crippen molar-refractivity contribution in [3.8, 4) is 0 Å². The number of ether oxygens (including phenoxy) is 2. The van der Waals surface area contributed by atoms with Crippen LogP contribution >= 0.6 is 0 Å². The maximum absolute atomic E-state index is 13.1. The topological polar surface area (TPSA) is 110 Å². The summed E-state index contributed by atoms with van der Waals surface area (Å²) in [7, 11) is -6.77. The van der Waals surface area contributed by atoms with Crippen molar-refractivity contribution >= 4 is 22.1 Å². The number of hydrogen-bond donors (Lipinski definition) is 0. The predicted molar refractivity (Wildman–Crippen MR) is 65.6 cm³/mol. The molecule has 0 aliphatic carbocycles. The van der Waals surface area contributed by atoms with Crippen molar-refractivity contribution < 1.29 is 54.0 Å². The Labute approximate surface area is 133 Å². The molecule has 0 aromatic carbocycles. The highest BCUT2D eigenvalue weighted by molar-refractivity contribution is 7.86. The minimum atomic E-state index is -6.77. The summed E-state index contributed by atoms with van der Waals surface area (Å²) >= 11 is 0. The van der Waals surface area contributed by atoms with E-state index in [4.69, 9.17) is 0 Å². The van der Waals surface area contributed by atoms with Gasteiger partial charge in [0.1, 0.15) is 6.10 Å². The second-order valence-electron chi connectivity index (χ2n) is 4.63. The quantitative estimate of drug-likeness (QED) is 0.284. The van der Waals surface area contributed by atoms with Crippen LogP contribution in [0.1, 0.15) is 20.3 Å². The Morgan fingerprint density at radius 2 is 1.62 bits per heavy atom. The fourth-order valence-electron chi connectivity index (χ4n) is 1.20. The number of alkyl halides is 5. The molecular weight excluding hydrogens is 371 g/mol. The van der Waals surface area contributed by atoms with Crippen molar-refractivity contribution in [2.24, 2.45) is 0 Å². The summed E-state index contributed by atoms with van der Waals surface area (Å²) in [6, 6.07) is 0. The molecule has 0 aromatic heterocycles. The third-order valence-electron chi connectivity index (χ3n) is 2.30. The van der Waals surface area contributed by atoms with Crippen molar-refractivity contribution in [3.05, 3.63) is 12.2 Å². The van der Waals surface area contributed by atoms with Gasteiger partial charge in [-0.15, -0.1) is 0 Å². The summed E-state index contributed by atoms with van der Waals surface area (Å²) in [6.45, 7) is 5.45. The van der Waals surface area contributed by atoms with E-state index in [1.807, 2.05) is 0 Å². The molecule has 0 aromatic rings. The standard InChI is InChI=1S/C11H13F5O7S/c1-5(2)8(18)22-6(3)4-7(17)23-9(10(12,13)14)11(15,16)24(19,20)21/h6,9H,1,4H2,2-3H3,(H,19,20,21)/p-1.